The van der Waals surface area contributed by atoms with Gasteiger partial charge in [-0.2, -0.15) is 0 Å². The molecule has 1 amide bonds. The minimum atomic E-state index is -0.912. The number of halogens is 2. The van der Waals surface area contributed by atoms with Crippen molar-refractivity contribution >= 4 is 5.91 Å². The molecule has 2 rings (SSSR count). The Morgan fingerprint density at radius 3 is 2.90 bits per heavy atom. The van der Waals surface area contributed by atoms with E-state index in [1.165, 1.54) is 6.07 Å². The number of hydrogen-bond donors (Lipinski definition) is 1. The van der Waals surface area contributed by atoms with Gasteiger partial charge in [-0.25, -0.2) is 8.78 Å². The summed E-state index contributed by atoms with van der Waals surface area (Å²) in [6, 6.07) is 3.45. The van der Waals surface area contributed by atoms with Gasteiger partial charge in [0.05, 0.1) is 13.2 Å². The monoisotopic (exact) mass is 284 g/mol. The third kappa shape index (κ3) is 3.52. The highest BCUT2D eigenvalue weighted by atomic mass is 19.2. The zero-order valence-electron chi connectivity index (χ0n) is 11.3. The van der Waals surface area contributed by atoms with Crippen molar-refractivity contribution in [3.05, 3.63) is 35.4 Å². The molecule has 0 aliphatic carbocycles. The number of morpholine rings is 1. The second-order valence-corrected chi connectivity index (χ2v) is 5.05. The van der Waals surface area contributed by atoms with Crippen LogP contribution in [0.4, 0.5) is 8.78 Å². The van der Waals surface area contributed by atoms with E-state index in [1.54, 1.807) is 11.8 Å². The molecule has 1 aromatic rings. The van der Waals surface area contributed by atoms with Crippen LogP contribution in [0, 0.1) is 11.6 Å². The highest BCUT2D eigenvalue weighted by molar-refractivity contribution is 5.76. The lowest BCUT2D eigenvalue weighted by Crippen LogP contribution is -2.43. The lowest BCUT2D eigenvalue weighted by atomic mass is 10.1. The minimum absolute atomic E-state index is 0.0455. The first-order chi connectivity index (χ1) is 9.47. The number of amides is 1. The summed E-state index contributed by atoms with van der Waals surface area (Å²) in [5.41, 5.74) is 6.14. The van der Waals surface area contributed by atoms with E-state index in [-0.39, 0.29) is 18.4 Å². The Balaban J connectivity index is 2.06. The van der Waals surface area contributed by atoms with E-state index in [1.807, 2.05) is 0 Å². The van der Waals surface area contributed by atoms with Crippen molar-refractivity contribution in [2.45, 2.75) is 25.5 Å². The first-order valence-corrected chi connectivity index (χ1v) is 6.57. The van der Waals surface area contributed by atoms with Gasteiger partial charge in [-0.3, -0.25) is 4.79 Å². The predicted molar refractivity (Wildman–Crippen MR) is 69.9 cm³/mol. The van der Waals surface area contributed by atoms with Crippen LogP contribution >= 0.6 is 0 Å². The summed E-state index contributed by atoms with van der Waals surface area (Å²) in [7, 11) is 0. The smallest absolute Gasteiger partial charge is 0.224 e. The first-order valence-electron chi connectivity index (χ1n) is 6.57. The van der Waals surface area contributed by atoms with Crippen molar-refractivity contribution in [2.75, 3.05) is 19.7 Å². The van der Waals surface area contributed by atoms with Crippen molar-refractivity contribution in [1.82, 2.24) is 4.90 Å². The number of ether oxygens (including phenoxy) is 1. The number of rotatable bonds is 3. The van der Waals surface area contributed by atoms with E-state index in [9.17, 15) is 13.6 Å². The molecule has 1 saturated heterocycles. The average molecular weight is 284 g/mol. The second kappa shape index (κ2) is 6.28. The topological polar surface area (TPSA) is 55.6 Å². The third-order valence-corrected chi connectivity index (χ3v) is 3.23. The molecule has 2 N–H and O–H groups in total. The highest BCUT2D eigenvalue weighted by Crippen LogP contribution is 2.24. The van der Waals surface area contributed by atoms with Crippen LogP contribution in [0.3, 0.4) is 0 Å². The van der Waals surface area contributed by atoms with Crippen LogP contribution in [0.1, 0.15) is 25.0 Å². The fourth-order valence-electron chi connectivity index (χ4n) is 2.19. The predicted octanol–water partition coefficient (Wildman–Crippen LogP) is 1.60. The van der Waals surface area contributed by atoms with E-state index < -0.39 is 17.7 Å². The zero-order chi connectivity index (χ0) is 14.7. The van der Waals surface area contributed by atoms with Crippen molar-refractivity contribution < 1.29 is 18.3 Å². The Bertz CT molecular complexity index is 494. The highest BCUT2D eigenvalue weighted by Gasteiger charge is 2.26. The standard InChI is InChI=1S/C14H18F2N2O2/c1-9(17)6-14(19)18-4-5-20-13(8-18)10-2-3-11(15)12(16)7-10/h2-3,7,9,13H,4-6,8,17H2,1H3. The van der Waals surface area contributed by atoms with Gasteiger partial charge < -0.3 is 15.4 Å². The molecule has 1 fully saturated rings. The van der Waals surface area contributed by atoms with Gasteiger partial charge in [0.25, 0.3) is 0 Å². The SMILES string of the molecule is CC(N)CC(=O)N1CCOC(c2ccc(F)c(F)c2)C1. The molecule has 0 radical (unpaired) electrons. The lowest BCUT2D eigenvalue weighted by Gasteiger charge is -2.33. The molecular formula is C14H18F2N2O2. The maximum atomic E-state index is 13.2. The van der Waals surface area contributed by atoms with Crippen LogP contribution in [-0.4, -0.2) is 36.5 Å². The average Bonchev–Trinajstić information content (AvgIpc) is 2.41. The molecule has 1 aliphatic rings. The van der Waals surface area contributed by atoms with E-state index in [0.717, 1.165) is 12.1 Å². The molecule has 0 bridgehead atoms. The van der Waals surface area contributed by atoms with Crippen molar-refractivity contribution in [2.24, 2.45) is 5.73 Å². The quantitative estimate of drug-likeness (QED) is 0.917. The van der Waals surface area contributed by atoms with E-state index in [0.29, 0.717) is 25.3 Å². The number of carbonyl (C=O) groups excluding carboxylic acids is 1. The number of hydrogen-bond acceptors (Lipinski definition) is 3. The van der Waals surface area contributed by atoms with Gasteiger partial charge in [0.15, 0.2) is 11.6 Å². The summed E-state index contributed by atoms with van der Waals surface area (Å²) < 4.78 is 31.7. The molecule has 0 aromatic heterocycles. The lowest BCUT2D eigenvalue weighted by molar-refractivity contribution is -0.139. The summed E-state index contributed by atoms with van der Waals surface area (Å²) in [6.07, 6.45) is -0.166. The van der Waals surface area contributed by atoms with Crippen LogP contribution in [0.2, 0.25) is 0 Å². The largest absolute Gasteiger partial charge is 0.370 e. The summed E-state index contributed by atoms with van der Waals surface area (Å²) in [5, 5.41) is 0. The number of nitrogens with zero attached hydrogens (tertiary/aromatic N) is 1. The molecule has 0 saturated carbocycles. The molecule has 1 heterocycles. The van der Waals surface area contributed by atoms with E-state index in [2.05, 4.69) is 0 Å². The maximum absolute atomic E-state index is 13.2. The Labute approximate surface area is 116 Å². The summed E-state index contributed by atoms with van der Waals surface area (Å²) >= 11 is 0. The molecule has 2 unspecified atom stereocenters. The van der Waals surface area contributed by atoms with Gasteiger partial charge in [0.2, 0.25) is 5.91 Å². The third-order valence-electron chi connectivity index (χ3n) is 3.23. The summed E-state index contributed by atoms with van der Waals surface area (Å²) in [4.78, 5) is 13.6. The Hall–Kier alpha value is -1.53. The Kier molecular flexibility index (Phi) is 4.67. The molecule has 110 valence electrons. The molecular weight excluding hydrogens is 266 g/mol. The summed E-state index contributed by atoms with van der Waals surface area (Å²) in [5.74, 6) is -1.85. The van der Waals surface area contributed by atoms with Crippen LogP contribution in [-0.2, 0) is 9.53 Å². The van der Waals surface area contributed by atoms with Gasteiger partial charge in [-0.1, -0.05) is 6.07 Å². The Morgan fingerprint density at radius 2 is 2.25 bits per heavy atom. The van der Waals surface area contributed by atoms with E-state index in [4.69, 9.17) is 10.5 Å². The van der Waals surface area contributed by atoms with Crippen LogP contribution in [0.5, 0.6) is 0 Å². The molecule has 1 aliphatic heterocycles. The van der Waals surface area contributed by atoms with Crippen molar-refractivity contribution in [3.8, 4) is 0 Å². The molecule has 1 aromatic carbocycles. The van der Waals surface area contributed by atoms with Crippen molar-refractivity contribution in [1.29, 1.82) is 0 Å². The summed E-state index contributed by atoms with van der Waals surface area (Å²) in [6.45, 7) is 2.96. The molecule has 4 nitrogen and oxygen atoms in total. The van der Waals surface area contributed by atoms with E-state index >= 15 is 0 Å². The van der Waals surface area contributed by atoms with Crippen LogP contribution < -0.4 is 5.73 Å². The fraction of sp³-hybridized carbons (Fsp3) is 0.500. The zero-order valence-corrected chi connectivity index (χ0v) is 11.3. The van der Waals surface area contributed by atoms with Gasteiger partial charge in [0, 0.05) is 19.0 Å². The molecule has 2 atom stereocenters. The molecule has 6 heteroatoms. The van der Waals surface area contributed by atoms with Gasteiger partial charge in [-0.15, -0.1) is 0 Å². The van der Waals surface area contributed by atoms with Gasteiger partial charge >= 0.3 is 0 Å². The van der Waals surface area contributed by atoms with Crippen molar-refractivity contribution in [3.63, 3.8) is 0 Å². The first kappa shape index (κ1) is 14.9. The van der Waals surface area contributed by atoms with Gasteiger partial charge in [-0.05, 0) is 24.6 Å². The second-order valence-electron chi connectivity index (χ2n) is 5.05. The molecule has 20 heavy (non-hydrogen) atoms. The number of benzene rings is 1. The Morgan fingerprint density at radius 1 is 1.50 bits per heavy atom. The maximum Gasteiger partial charge on any atom is 0.224 e. The number of carbonyl (C=O) groups is 1. The van der Waals surface area contributed by atoms with Crippen LogP contribution in [0.15, 0.2) is 18.2 Å². The fourth-order valence-corrected chi connectivity index (χ4v) is 2.19. The number of nitrogens with two attached hydrogens (primary N) is 1. The van der Waals surface area contributed by atoms with Gasteiger partial charge in [0.1, 0.15) is 6.10 Å². The molecule has 0 spiro atoms. The normalized spacial score (nSPS) is 20.8. The van der Waals surface area contributed by atoms with Crippen LogP contribution in [0.25, 0.3) is 0 Å². The minimum Gasteiger partial charge on any atom is -0.370 e.